The molecule has 0 radical (unpaired) electrons. The number of thioether (sulfide) groups is 1. The van der Waals surface area contributed by atoms with E-state index in [1.54, 1.807) is 0 Å². The van der Waals surface area contributed by atoms with Gasteiger partial charge >= 0.3 is 0 Å². The minimum atomic E-state index is -0.331. The summed E-state index contributed by atoms with van der Waals surface area (Å²) in [7, 11) is 0. The normalized spacial score (nSPS) is 14.0. The number of fused-ring (bicyclic) bond motifs is 1. The van der Waals surface area contributed by atoms with E-state index in [2.05, 4.69) is 33.7 Å². The maximum Gasteiger partial charge on any atom is 0.277 e. The van der Waals surface area contributed by atoms with Crippen molar-refractivity contribution in [3.8, 4) is 5.75 Å². The van der Waals surface area contributed by atoms with Crippen LogP contribution in [0.4, 0.5) is 4.39 Å². The fraction of sp³-hybridized carbons (Fsp3) is 0.348. The minimum Gasteiger partial charge on any atom is -0.484 e. The molecule has 1 aliphatic rings. The molecule has 1 N–H and O–H groups in total. The maximum absolute atomic E-state index is 12.9. The van der Waals surface area contributed by atoms with Crippen LogP contribution < -0.4 is 10.1 Å². The highest BCUT2D eigenvalue weighted by Gasteiger charge is 2.15. The summed E-state index contributed by atoms with van der Waals surface area (Å²) in [5.74, 6) is 0.537. The monoisotopic (exact) mass is 441 g/mol. The van der Waals surface area contributed by atoms with Gasteiger partial charge in [-0.1, -0.05) is 30.0 Å². The molecule has 8 heteroatoms. The van der Waals surface area contributed by atoms with Crippen molar-refractivity contribution in [2.45, 2.75) is 50.5 Å². The van der Waals surface area contributed by atoms with Gasteiger partial charge in [0.15, 0.2) is 6.61 Å². The van der Waals surface area contributed by atoms with Crippen molar-refractivity contribution < 1.29 is 18.3 Å². The molecule has 0 saturated heterocycles. The number of benzene rings is 2. The van der Waals surface area contributed by atoms with Gasteiger partial charge in [0.2, 0.25) is 5.91 Å². The molecule has 1 aliphatic carbocycles. The van der Waals surface area contributed by atoms with Gasteiger partial charge in [-0.3, -0.25) is 4.79 Å². The highest BCUT2D eigenvalue weighted by Crippen LogP contribution is 2.25. The molecule has 4 rings (SSSR count). The highest BCUT2D eigenvalue weighted by molar-refractivity contribution is 7.99. The van der Waals surface area contributed by atoms with E-state index in [0.717, 1.165) is 18.4 Å². The van der Waals surface area contributed by atoms with Crippen LogP contribution in [0.5, 0.6) is 5.75 Å². The molecule has 1 heterocycles. The predicted octanol–water partition coefficient (Wildman–Crippen LogP) is 4.64. The number of aromatic nitrogens is 2. The Labute approximate surface area is 184 Å². The third-order valence-corrected chi connectivity index (χ3v) is 6.02. The fourth-order valence-electron chi connectivity index (χ4n) is 3.55. The number of hydrogen-bond donors (Lipinski definition) is 1. The second-order valence-electron chi connectivity index (χ2n) is 7.52. The lowest BCUT2D eigenvalue weighted by Crippen LogP contribution is -2.28. The van der Waals surface area contributed by atoms with Crippen LogP contribution in [-0.2, 0) is 24.2 Å². The average molecular weight is 442 g/mol. The summed E-state index contributed by atoms with van der Waals surface area (Å²) >= 11 is 1.18. The maximum atomic E-state index is 12.9. The summed E-state index contributed by atoms with van der Waals surface area (Å²) in [6.45, 7) is 2.06. The van der Waals surface area contributed by atoms with E-state index >= 15 is 0 Å². The van der Waals surface area contributed by atoms with Gasteiger partial charge in [0, 0.05) is 0 Å². The number of nitrogens with zero attached hydrogens (tertiary/aromatic N) is 2. The van der Waals surface area contributed by atoms with Crippen LogP contribution in [0.25, 0.3) is 0 Å². The van der Waals surface area contributed by atoms with Gasteiger partial charge in [-0.05, 0) is 73.6 Å². The number of aryl methyl sites for hydroxylation is 2. The van der Waals surface area contributed by atoms with Crippen LogP contribution in [0.15, 0.2) is 52.1 Å². The molecule has 162 valence electrons. The van der Waals surface area contributed by atoms with Crippen molar-refractivity contribution in [1.29, 1.82) is 0 Å². The Morgan fingerprint density at radius 1 is 1.16 bits per heavy atom. The summed E-state index contributed by atoms with van der Waals surface area (Å²) in [4.78, 5) is 12.4. The summed E-state index contributed by atoms with van der Waals surface area (Å²) in [5.41, 5.74) is 3.96. The van der Waals surface area contributed by atoms with Crippen molar-refractivity contribution in [1.82, 2.24) is 15.5 Å². The molecule has 1 unspecified atom stereocenters. The summed E-state index contributed by atoms with van der Waals surface area (Å²) in [5, 5.41) is 11.2. The topological polar surface area (TPSA) is 77.2 Å². The number of amides is 1. The number of rotatable bonds is 8. The number of nitrogens with one attached hydrogen (secondary N) is 1. The van der Waals surface area contributed by atoms with Crippen LogP contribution in [0.1, 0.15) is 48.4 Å². The second kappa shape index (κ2) is 9.96. The van der Waals surface area contributed by atoms with Gasteiger partial charge in [0.25, 0.3) is 11.1 Å². The molecular weight excluding hydrogens is 417 g/mol. The number of ether oxygens (including phenoxy) is 1. The lowest BCUT2D eigenvalue weighted by Gasteiger charge is -2.20. The first-order valence-corrected chi connectivity index (χ1v) is 11.3. The number of hydrogen-bond acceptors (Lipinski definition) is 6. The first-order valence-electron chi connectivity index (χ1n) is 10.3. The van der Waals surface area contributed by atoms with E-state index in [4.69, 9.17) is 9.15 Å². The lowest BCUT2D eigenvalue weighted by atomic mass is 9.89. The van der Waals surface area contributed by atoms with Crippen LogP contribution >= 0.6 is 11.8 Å². The van der Waals surface area contributed by atoms with E-state index < -0.39 is 0 Å². The van der Waals surface area contributed by atoms with Gasteiger partial charge in [-0.25, -0.2) is 4.39 Å². The van der Waals surface area contributed by atoms with Crippen molar-refractivity contribution >= 4 is 17.7 Å². The summed E-state index contributed by atoms with van der Waals surface area (Å²) < 4.78 is 23.9. The van der Waals surface area contributed by atoms with Crippen molar-refractivity contribution in [3.05, 3.63) is 70.9 Å². The molecule has 0 spiro atoms. The molecule has 3 aromatic rings. The molecule has 1 amide bonds. The van der Waals surface area contributed by atoms with E-state index in [9.17, 15) is 9.18 Å². The Kier molecular flexibility index (Phi) is 6.86. The lowest BCUT2D eigenvalue weighted by molar-refractivity contribution is -0.119. The van der Waals surface area contributed by atoms with Crippen LogP contribution in [0.3, 0.4) is 0 Å². The Morgan fingerprint density at radius 3 is 2.74 bits per heavy atom. The van der Waals surface area contributed by atoms with E-state index in [-0.39, 0.29) is 36.0 Å². The Hall–Kier alpha value is -2.87. The number of carbonyl (C=O) groups excluding carboxylic acids is 1. The standard InChI is InChI=1S/C23H24FN3O3S/c1-15(17-7-6-16-4-2-3-5-18(16)12-17)25-21(28)14-31-23-27-26-22(30-23)13-29-20-10-8-19(24)9-11-20/h6-12,15H,2-5,13-14H2,1H3,(H,25,28). The Morgan fingerprint density at radius 2 is 1.94 bits per heavy atom. The molecule has 1 aromatic heterocycles. The first-order chi connectivity index (χ1) is 15.1. The molecular formula is C23H24FN3O3S. The quantitative estimate of drug-likeness (QED) is 0.514. The number of carbonyl (C=O) groups is 1. The van der Waals surface area contributed by atoms with Gasteiger partial charge in [0.1, 0.15) is 11.6 Å². The summed E-state index contributed by atoms with van der Waals surface area (Å²) in [6.07, 6.45) is 4.75. The van der Waals surface area contributed by atoms with Crippen molar-refractivity contribution in [3.63, 3.8) is 0 Å². The zero-order valence-electron chi connectivity index (χ0n) is 17.3. The van der Waals surface area contributed by atoms with E-state index in [1.807, 2.05) is 6.92 Å². The largest absolute Gasteiger partial charge is 0.484 e. The minimum absolute atomic E-state index is 0.0670. The molecule has 6 nitrogen and oxygen atoms in total. The third-order valence-electron chi connectivity index (χ3n) is 5.20. The first kappa shape index (κ1) is 21.4. The van der Waals surface area contributed by atoms with E-state index in [1.165, 1.54) is 60.0 Å². The Bertz CT molecular complexity index is 1040. The van der Waals surface area contributed by atoms with E-state index in [0.29, 0.717) is 11.0 Å². The van der Waals surface area contributed by atoms with Gasteiger partial charge < -0.3 is 14.5 Å². The molecule has 0 fully saturated rings. The SMILES string of the molecule is CC(NC(=O)CSc1nnc(COc2ccc(F)cc2)o1)c1ccc2c(c1)CCCC2. The number of halogens is 1. The molecule has 2 aromatic carbocycles. The average Bonchev–Trinajstić information content (AvgIpc) is 3.25. The molecule has 31 heavy (non-hydrogen) atoms. The predicted molar refractivity (Wildman–Crippen MR) is 115 cm³/mol. The van der Waals surface area contributed by atoms with Crippen LogP contribution in [0, 0.1) is 5.82 Å². The smallest absolute Gasteiger partial charge is 0.277 e. The third kappa shape index (κ3) is 5.85. The fourth-order valence-corrected chi connectivity index (χ4v) is 4.14. The molecule has 0 bridgehead atoms. The molecule has 0 aliphatic heterocycles. The summed E-state index contributed by atoms with van der Waals surface area (Å²) in [6, 6.07) is 12.1. The zero-order chi connectivity index (χ0) is 21.6. The molecule has 1 atom stereocenters. The van der Waals surface area contributed by atoms with Gasteiger partial charge in [-0.2, -0.15) is 0 Å². The zero-order valence-corrected chi connectivity index (χ0v) is 18.1. The molecule has 0 saturated carbocycles. The van der Waals surface area contributed by atoms with Crippen LogP contribution in [0.2, 0.25) is 0 Å². The highest BCUT2D eigenvalue weighted by atomic mass is 32.2. The second-order valence-corrected chi connectivity index (χ2v) is 8.44. The van der Waals surface area contributed by atoms with Gasteiger partial charge in [-0.15, -0.1) is 10.2 Å². The van der Waals surface area contributed by atoms with Crippen LogP contribution in [-0.4, -0.2) is 21.9 Å². The van der Waals surface area contributed by atoms with Gasteiger partial charge in [0.05, 0.1) is 11.8 Å². The Balaban J connectivity index is 1.24. The van der Waals surface area contributed by atoms with Crippen molar-refractivity contribution in [2.75, 3.05) is 5.75 Å². The van der Waals surface area contributed by atoms with Crippen molar-refractivity contribution in [2.24, 2.45) is 0 Å².